The van der Waals surface area contributed by atoms with Gasteiger partial charge in [0.1, 0.15) is 27.8 Å². The van der Waals surface area contributed by atoms with Crippen LogP contribution in [0.3, 0.4) is 0 Å². The highest BCUT2D eigenvalue weighted by Crippen LogP contribution is 2.46. The smallest absolute Gasteiger partial charge is 0.166 e. The van der Waals surface area contributed by atoms with Crippen LogP contribution in [-0.2, 0) is 0 Å². The van der Waals surface area contributed by atoms with Crippen molar-refractivity contribution in [3.05, 3.63) is 27.8 Å². The Morgan fingerprint density at radius 2 is 0.812 bits per heavy atom. The zero-order valence-corrected chi connectivity index (χ0v) is 33.6. The fourth-order valence-corrected chi connectivity index (χ4v) is 7.97. The van der Waals surface area contributed by atoms with Crippen LogP contribution in [0.5, 0.6) is 17.2 Å². The Balaban J connectivity index is 0.000000284. The fraction of sp³-hybridized carbons (Fsp3) is 0.692. The summed E-state index contributed by atoms with van der Waals surface area (Å²) in [6.45, 7) is 22.7. The monoisotopic (exact) mass is 698 g/mol. The van der Waals surface area contributed by atoms with E-state index in [0.717, 1.165) is 63.5 Å². The Labute approximate surface area is 299 Å². The Bertz CT molecular complexity index is 1510. The van der Waals surface area contributed by atoms with Crippen molar-refractivity contribution in [1.82, 2.24) is 17.5 Å². The van der Waals surface area contributed by atoms with Gasteiger partial charge in [0.05, 0.1) is 44.3 Å². The van der Waals surface area contributed by atoms with E-state index < -0.39 is 0 Å². The topological polar surface area (TPSA) is 79.3 Å². The number of methoxy groups -OCH3 is 2. The van der Waals surface area contributed by atoms with Crippen LogP contribution in [0.2, 0.25) is 0 Å². The van der Waals surface area contributed by atoms with Crippen LogP contribution in [0.15, 0.2) is 0 Å². The third-order valence-electron chi connectivity index (χ3n) is 9.14. The molecular weight excluding hydrogens is 637 g/mol. The summed E-state index contributed by atoms with van der Waals surface area (Å²) in [5, 5.41) is 0. The van der Waals surface area contributed by atoms with Gasteiger partial charge in [0.15, 0.2) is 11.5 Å². The maximum absolute atomic E-state index is 6.41. The van der Waals surface area contributed by atoms with Gasteiger partial charge in [0.2, 0.25) is 0 Å². The van der Waals surface area contributed by atoms with Crippen molar-refractivity contribution in [2.45, 2.75) is 157 Å². The minimum Gasteiger partial charge on any atom is -0.493 e. The summed E-state index contributed by atoms with van der Waals surface area (Å²) < 4.78 is 35.8. The van der Waals surface area contributed by atoms with E-state index in [0.29, 0.717) is 23.7 Å². The first-order valence-corrected chi connectivity index (χ1v) is 19.8. The summed E-state index contributed by atoms with van der Waals surface area (Å²) in [6, 6.07) is 0. The van der Waals surface area contributed by atoms with Crippen molar-refractivity contribution < 1.29 is 14.2 Å². The predicted molar refractivity (Wildman–Crippen MR) is 206 cm³/mol. The molecule has 7 nitrogen and oxygen atoms in total. The molecule has 0 bridgehead atoms. The molecule has 2 heterocycles. The van der Waals surface area contributed by atoms with Gasteiger partial charge < -0.3 is 14.2 Å². The third kappa shape index (κ3) is 9.58. The van der Waals surface area contributed by atoms with Gasteiger partial charge in [0.25, 0.3) is 0 Å². The molecule has 0 unspecified atom stereocenters. The van der Waals surface area contributed by atoms with E-state index in [1.807, 2.05) is 0 Å². The van der Waals surface area contributed by atoms with Crippen LogP contribution in [0.25, 0.3) is 22.1 Å². The molecule has 0 aliphatic heterocycles. The molecule has 4 rings (SSSR count). The second-order valence-electron chi connectivity index (χ2n) is 14.2. The number of nitrogens with zero attached hydrogens (tertiary/aromatic N) is 4. The molecule has 0 saturated carbocycles. The highest BCUT2D eigenvalue weighted by atomic mass is 32.1. The minimum atomic E-state index is 0.302. The lowest BCUT2D eigenvalue weighted by Gasteiger charge is -2.21. The molecule has 9 heteroatoms. The molecular formula is C39H62N4O3S2. The Morgan fingerprint density at radius 1 is 0.479 bits per heavy atom. The van der Waals surface area contributed by atoms with Crippen molar-refractivity contribution in [1.29, 1.82) is 0 Å². The summed E-state index contributed by atoms with van der Waals surface area (Å²) in [5.74, 6) is 4.06. The standard InChI is InChI=1S/C25H42N2OS.C14H20N2O2S/c1-7-8-9-10-11-12-13-14-15-16-17-28-25-20(6)21(18(2)3)23-24(27-29-26-23)22(25)19(4)5;1-7(2)9-11-12(16-19-15-11)10(8(3)4)14(18-6)13(9)17-5/h18-19H,7-17H2,1-6H3;7-8H,1-6H3. The zero-order chi connectivity index (χ0) is 35.4. The molecule has 0 aliphatic carbocycles. The maximum Gasteiger partial charge on any atom is 0.166 e. The average Bonchev–Trinajstić information content (AvgIpc) is 3.72. The Morgan fingerprint density at radius 3 is 1.17 bits per heavy atom. The highest BCUT2D eigenvalue weighted by molar-refractivity contribution is 7.00. The van der Waals surface area contributed by atoms with E-state index in [2.05, 4.69) is 86.7 Å². The number of benzene rings is 2. The van der Waals surface area contributed by atoms with Gasteiger partial charge >= 0.3 is 0 Å². The van der Waals surface area contributed by atoms with Crippen molar-refractivity contribution in [2.24, 2.45) is 0 Å². The Hall–Kier alpha value is -2.52. The van der Waals surface area contributed by atoms with Gasteiger partial charge in [-0.25, -0.2) is 0 Å². The summed E-state index contributed by atoms with van der Waals surface area (Å²) in [4.78, 5) is 0. The molecule has 268 valence electrons. The first kappa shape index (κ1) is 39.9. The van der Waals surface area contributed by atoms with Crippen molar-refractivity contribution in [3.63, 3.8) is 0 Å². The van der Waals surface area contributed by atoms with Crippen molar-refractivity contribution in [3.8, 4) is 17.2 Å². The molecule has 0 amide bonds. The van der Waals surface area contributed by atoms with E-state index in [1.165, 1.54) is 97.9 Å². The van der Waals surface area contributed by atoms with Gasteiger partial charge in [-0.3, -0.25) is 0 Å². The summed E-state index contributed by atoms with van der Waals surface area (Å²) in [7, 11) is 3.36. The summed E-state index contributed by atoms with van der Waals surface area (Å²) in [6.07, 6.45) is 13.5. The van der Waals surface area contributed by atoms with Gasteiger partial charge in [-0.2, -0.15) is 17.5 Å². The van der Waals surface area contributed by atoms with Crippen LogP contribution in [-0.4, -0.2) is 38.3 Å². The molecule has 0 aliphatic rings. The number of aromatic nitrogens is 4. The van der Waals surface area contributed by atoms with Gasteiger partial charge in [-0.15, -0.1) is 0 Å². The lowest BCUT2D eigenvalue weighted by molar-refractivity contribution is 0.298. The van der Waals surface area contributed by atoms with Crippen molar-refractivity contribution >= 4 is 45.5 Å². The van der Waals surface area contributed by atoms with E-state index in [1.54, 1.807) is 14.2 Å². The summed E-state index contributed by atoms with van der Waals surface area (Å²) >= 11 is 2.57. The lowest BCUT2D eigenvalue weighted by Crippen LogP contribution is -2.07. The largest absolute Gasteiger partial charge is 0.493 e. The molecule has 0 atom stereocenters. The van der Waals surface area contributed by atoms with E-state index in [9.17, 15) is 0 Å². The zero-order valence-electron chi connectivity index (χ0n) is 31.9. The molecule has 0 spiro atoms. The number of hydrogen-bond acceptors (Lipinski definition) is 9. The van der Waals surface area contributed by atoms with E-state index in [4.69, 9.17) is 14.2 Å². The number of ether oxygens (including phenoxy) is 3. The van der Waals surface area contributed by atoms with Gasteiger partial charge in [0, 0.05) is 16.7 Å². The van der Waals surface area contributed by atoms with Crippen LogP contribution < -0.4 is 14.2 Å². The molecule has 0 radical (unpaired) electrons. The number of hydrogen-bond donors (Lipinski definition) is 0. The molecule has 2 aromatic carbocycles. The predicted octanol–water partition coefficient (Wildman–Crippen LogP) is 12.5. The number of unbranched alkanes of at least 4 members (excludes halogenated alkanes) is 9. The number of fused-ring (bicyclic) bond motifs is 2. The maximum atomic E-state index is 6.41. The van der Waals surface area contributed by atoms with Crippen LogP contribution >= 0.6 is 23.5 Å². The van der Waals surface area contributed by atoms with E-state index in [-0.39, 0.29) is 0 Å². The van der Waals surface area contributed by atoms with Crippen LogP contribution in [0.4, 0.5) is 0 Å². The molecule has 0 N–H and O–H groups in total. The van der Waals surface area contributed by atoms with E-state index >= 15 is 0 Å². The van der Waals surface area contributed by atoms with Gasteiger partial charge in [-0.1, -0.05) is 120 Å². The molecule has 4 aromatic rings. The fourth-order valence-electron chi connectivity index (χ4n) is 6.82. The summed E-state index contributed by atoms with van der Waals surface area (Å²) in [5.41, 5.74) is 9.98. The first-order chi connectivity index (χ1) is 23.0. The molecule has 0 fully saturated rings. The van der Waals surface area contributed by atoms with Gasteiger partial charge in [-0.05, 0) is 48.1 Å². The molecule has 48 heavy (non-hydrogen) atoms. The first-order valence-electron chi connectivity index (χ1n) is 18.3. The SMILES string of the molecule is CCCCCCCCCCCCOc1c(C)c(C(C)C)c2nsnc2c1C(C)C.COc1c(OC)c(C(C)C)c2nsnc2c1C(C)C. The van der Waals surface area contributed by atoms with Crippen LogP contribution in [0.1, 0.15) is 178 Å². The molecule has 2 aromatic heterocycles. The van der Waals surface area contributed by atoms with Crippen LogP contribution in [0, 0.1) is 6.92 Å². The quantitative estimate of drug-likeness (QED) is 0.0957. The van der Waals surface area contributed by atoms with Crippen molar-refractivity contribution in [2.75, 3.05) is 20.8 Å². The minimum absolute atomic E-state index is 0.302. The Kier molecular flexibility index (Phi) is 16.3. The third-order valence-corrected chi connectivity index (χ3v) is 10.2. The second-order valence-corrected chi connectivity index (χ2v) is 15.3. The normalized spacial score (nSPS) is 11.8. The lowest BCUT2D eigenvalue weighted by atomic mass is 9.89. The molecule has 0 saturated heterocycles. The highest BCUT2D eigenvalue weighted by Gasteiger charge is 2.27. The number of rotatable bonds is 18. The second kappa shape index (κ2) is 19.6. The average molecular weight is 699 g/mol.